The van der Waals surface area contributed by atoms with Crippen molar-refractivity contribution in [2.75, 3.05) is 13.1 Å². The van der Waals surface area contributed by atoms with E-state index in [4.69, 9.17) is 5.73 Å². The van der Waals surface area contributed by atoms with Crippen LogP contribution < -0.4 is 10.5 Å². The van der Waals surface area contributed by atoms with Gasteiger partial charge in [0.1, 0.15) is 5.75 Å². The number of nitrogens with two attached hydrogens (primary N) is 1. The molecule has 0 spiro atoms. The molecule has 1 aliphatic rings. The Hall–Kier alpha value is -0.720. The van der Waals surface area contributed by atoms with E-state index in [0.29, 0.717) is 4.47 Å². The molecule has 2 rings (SSSR count). The van der Waals surface area contributed by atoms with Gasteiger partial charge in [0.2, 0.25) is 0 Å². The quantitative estimate of drug-likeness (QED) is 0.888. The molecule has 1 aliphatic heterocycles. The van der Waals surface area contributed by atoms with E-state index in [-0.39, 0.29) is 17.2 Å². The molecule has 0 aliphatic carbocycles. The average Bonchev–Trinajstić information content (AvgIpc) is 2.36. The minimum atomic E-state index is -2.81. The van der Waals surface area contributed by atoms with Crippen LogP contribution in [0.5, 0.6) is 5.75 Å². The summed E-state index contributed by atoms with van der Waals surface area (Å²) in [7, 11) is 0. The number of benzene rings is 1. The summed E-state index contributed by atoms with van der Waals surface area (Å²) in [4.78, 5) is 2.35. The second kappa shape index (κ2) is 6.58. The Morgan fingerprint density at radius 1 is 1.48 bits per heavy atom. The highest BCUT2D eigenvalue weighted by molar-refractivity contribution is 9.10. The fourth-order valence-corrected chi connectivity index (χ4v) is 3.23. The molecule has 1 atom stereocenters. The molecule has 1 fully saturated rings. The molecule has 21 heavy (non-hydrogen) atoms. The van der Waals surface area contributed by atoms with E-state index >= 15 is 0 Å². The van der Waals surface area contributed by atoms with Crippen LogP contribution in [0.4, 0.5) is 8.78 Å². The van der Waals surface area contributed by atoms with Gasteiger partial charge in [0.05, 0.1) is 4.47 Å². The second-order valence-electron chi connectivity index (χ2n) is 6.24. The normalized spacial score (nSPS) is 22.5. The Balaban J connectivity index is 2.02. The summed E-state index contributed by atoms with van der Waals surface area (Å²) in [6, 6.07) is 5.46. The highest BCUT2D eigenvalue weighted by Crippen LogP contribution is 2.31. The Labute approximate surface area is 132 Å². The van der Waals surface area contributed by atoms with Crippen molar-refractivity contribution in [2.24, 2.45) is 11.1 Å². The maximum Gasteiger partial charge on any atom is 0.387 e. The van der Waals surface area contributed by atoms with Gasteiger partial charge >= 0.3 is 6.61 Å². The van der Waals surface area contributed by atoms with Crippen molar-refractivity contribution in [3.8, 4) is 5.75 Å². The van der Waals surface area contributed by atoms with E-state index in [2.05, 4.69) is 39.4 Å². The molecule has 0 aromatic heterocycles. The van der Waals surface area contributed by atoms with E-state index in [1.165, 1.54) is 0 Å². The molecule has 1 unspecified atom stereocenters. The number of halogens is 3. The van der Waals surface area contributed by atoms with Gasteiger partial charge in [-0.2, -0.15) is 8.78 Å². The van der Waals surface area contributed by atoms with Crippen molar-refractivity contribution in [1.82, 2.24) is 4.90 Å². The maximum atomic E-state index is 12.2. The third-order valence-electron chi connectivity index (χ3n) is 4.01. The minimum Gasteiger partial charge on any atom is -0.434 e. The lowest BCUT2D eigenvalue weighted by atomic mass is 9.79. The van der Waals surface area contributed by atoms with E-state index in [1.54, 1.807) is 6.07 Å². The van der Waals surface area contributed by atoms with E-state index in [0.717, 1.165) is 31.6 Å². The van der Waals surface area contributed by atoms with Crippen molar-refractivity contribution in [3.63, 3.8) is 0 Å². The minimum absolute atomic E-state index is 0.0915. The van der Waals surface area contributed by atoms with Gasteiger partial charge in [-0.05, 0) is 45.5 Å². The molecule has 118 valence electrons. The van der Waals surface area contributed by atoms with Gasteiger partial charge in [-0.25, -0.2) is 0 Å². The van der Waals surface area contributed by atoms with Crippen molar-refractivity contribution in [2.45, 2.75) is 39.5 Å². The summed E-state index contributed by atoms with van der Waals surface area (Å²) >= 11 is 3.28. The predicted octanol–water partition coefficient (Wildman–Crippen LogP) is 3.61. The molecule has 3 nitrogen and oxygen atoms in total. The average molecular weight is 363 g/mol. The van der Waals surface area contributed by atoms with Crippen LogP contribution in [0.1, 0.15) is 25.8 Å². The monoisotopic (exact) mass is 362 g/mol. The summed E-state index contributed by atoms with van der Waals surface area (Å²) in [5.41, 5.74) is 7.29. The van der Waals surface area contributed by atoms with Gasteiger partial charge in [-0.15, -0.1) is 0 Å². The Bertz CT molecular complexity index is 497. The molecule has 0 amide bonds. The lowest BCUT2D eigenvalue weighted by molar-refractivity contribution is -0.0503. The molecule has 0 bridgehead atoms. The number of ether oxygens (including phenoxy) is 1. The summed E-state index contributed by atoms with van der Waals surface area (Å²) in [5.74, 6) is 0.162. The van der Waals surface area contributed by atoms with Crippen molar-refractivity contribution in [1.29, 1.82) is 0 Å². The van der Waals surface area contributed by atoms with Gasteiger partial charge < -0.3 is 10.5 Å². The highest BCUT2D eigenvalue weighted by Gasteiger charge is 2.33. The van der Waals surface area contributed by atoms with Gasteiger partial charge in [0.15, 0.2) is 0 Å². The Morgan fingerprint density at radius 2 is 2.19 bits per heavy atom. The van der Waals surface area contributed by atoms with Crippen molar-refractivity contribution < 1.29 is 13.5 Å². The largest absolute Gasteiger partial charge is 0.434 e. The molecular formula is C15H21BrF2N2O. The third kappa shape index (κ3) is 4.37. The zero-order valence-corrected chi connectivity index (χ0v) is 13.9. The van der Waals surface area contributed by atoms with E-state index in [9.17, 15) is 8.78 Å². The summed E-state index contributed by atoms with van der Waals surface area (Å²) in [6.45, 7) is 4.22. The number of nitrogens with zero attached hydrogens (tertiary/aromatic N) is 1. The van der Waals surface area contributed by atoms with Crippen molar-refractivity contribution >= 4 is 15.9 Å². The van der Waals surface area contributed by atoms with Gasteiger partial charge in [-0.3, -0.25) is 4.90 Å². The maximum absolute atomic E-state index is 12.2. The summed E-state index contributed by atoms with van der Waals surface area (Å²) in [6.07, 6.45) is 0.973. The SMILES string of the molecule is CC1(C)CN(Cc2ccc(OC(F)F)c(Br)c2)CCC1N. The van der Waals surface area contributed by atoms with Gasteiger partial charge in [-0.1, -0.05) is 19.9 Å². The fraction of sp³-hybridized carbons (Fsp3) is 0.600. The molecule has 0 saturated carbocycles. The molecule has 0 radical (unpaired) electrons. The van der Waals surface area contributed by atoms with Gasteiger partial charge in [0.25, 0.3) is 0 Å². The first-order valence-corrected chi connectivity index (χ1v) is 7.78. The van der Waals surface area contributed by atoms with Crippen LogP contribution in [0.2, 0.25) is 0 Å². The Morgan fingerprint density at radius 3 is 2.76 bits per heavy atom. The molecule has 1 heterocycles. The standard InChI is InChI=1S/C15H21BrF2N2O/c1-15(2)9-20(6-5-13(15)19)8-10-3-4-12(11(16)7-10)21-14(17)18/h3-4,7,13-14H,5-6,8-9,19H2,1-2H3. The van der Waals surface area contributed by atoms with Crippen LogP contribution in [0.3, 0.4) is 0 Å². The molecule has 1 saturated heterocycles. The van der Waals surface area contributed by atoms with E-state index < -0.39 is 6.61 Å². The number of hydrogen-bond acceptors (Lipinski definition) is 3. The third-order valence-corrected chi connectivity index (χ3v) is 4.63. The summed E-state index contributed by atoms with van der Waals surface area (Å²) < 4.78 is 29.4. The Kier molecular flexibility index (Phi) is 5.22. The van der Waals surface area contributed by atoms with Crippen LogP contribution in [0.15, 0.2) is 22.7 Å². The molecule has 2 N–H and O–H groups in total. The number of alkyl halides is 2. The number of rotatable bonds is 4. The first-order chi connectivity index (χ1) is 9.78. The molecule has 1 aromatic carbocycles. The summed E-state index contributed by atoms with van der Waals surface area (Å²) in [5, 5.41) is 0. The molecule has 6 heteroatoms. The first-order valence-electron chi connectivity index (χ1n) is 6.99. The second-order valence-corrected chi connectivity index (χ2v) is 7.09. The van der Waals surface area contributed by atoms with E-state index in [1.807, 2.05) is 12.1 Å². The molecule has 1 aromatic rings. The van der Waals surface area contributed by atoms with Gasteiger partial charge in [0, 0.05) is 25.7 Å². The van der Waals surface area contributed by atoms with Crippen LogP contribution in [-0.4, -0.2) is 30.6 Å². The zero-order chi connectivity index (χ0) is 15.6. The lowest BCUT2D eigenvalue weighted by Crippen LogP contribution is -2.52. The van der Waals surface area contributed by atoms with Crippen molar-refractivity contribution in [3.05, 3.63) is 28.2 Å². The van der Waals surface area contributed by atoms with Crippen LogP contribution in [-0.2, 0) is 6.54 Å². The van der Waals surface area contributed by atoms with Crippen LogP contribution in [0.25, 0.3) is 0 Å². The van der Waals surface area contributed by atoms with Crippen LogP contribution in [0, 0.1) is 5.41 Å². The smallest absolute Gasteiger partial charge is 0.387 e. The lowest BCUT2D eigenvalue weighted by Gasteiger charge is -2.42. The number of hydrogen-bond donors (Lipinski definition) is 1. The predicted molar refractivity (Wildman–Crippen MR) is 82.4 cm³/mol. The fourth-order valence-electron chi connectivity index (χ4n) is 2.71. The molecular weight excluding hydrogens is 342 g/mol. The first kappa shape index (κ1) is 16.6. The number of piperidine rings is 1. The van der Waals surface area contributed by atoms with Crippen LogP contribution >= 0.6 is 15.9 Å². The zero-order valence-electron chi connectivity index (χ0n) is 12.3. The highest BCUT2D eigenvalue weighted by atomic mass is 79.9. The number of likely N-dealkylation sites (tertiary alicyclic amines) is 1. The topological polar surface area (TPSA) is 38.5 Å².